The summed E-state index contributed by atoms with van der Waals surface area (Å²) in [4.78, 5) is 30.6. The predicted molar refractivity (Wildman–Crippen MR) is 107 cm³/mol. The highest BCUT2D eigenvalue weighted by molar-refractivity contribution is 6.07. The summed E-state index contributed by atoms with van der Waals surface area (Å²) in [5, 5.41) is 5.67. The molecule has 0 aliphatic rings. The fraction of sp³-hybridized carbons (Fsp3) is 0.0952. The number of benzene rings is 2. The number of carbonyl (C=O) groups excluding carboxylic acids is 2. The largest absolute Gasteiger partial charge is 0.376 e. The van der Waals surface area contributed by atoms with Crippen LogP contribution in [0, 0.1) is 0 Å². The Balaban J connectivity index is 1.68. The number of anilines is 3. The second kappa shape index (κ2) is 8.14. The predicted octanol–water partition coefficient (Wildman–Crippen LogP) is 3.65. The first kappa shape index (κ1) is 18.1. The van der Waals surface area contributed by atoms with Gasteiger partial charge in [0.2, 0.25) is 0 Å². The first-order valence-corrected chi connectivity index (χ1v) is 8.45. The molecule has 0 unspecified atom stereocenters. The number of hydrogen-bond acceptors (Lipinski definition) is 4. The minimum atomic E-state index is -0.298. The molecule has 3 rings (SSSR count). The van der Waals surface area contributed by atoms with Gasteiger partial charge in [-0.15, -0.1) is 0 Å². The molecule has 27 heavy (non-hydrogen) atoms. The second-order valence-electron chi connectivity index (χ2n) is 6.11. The Kier molecular flexibility index (Phi) is 5.47. The summed E-state index contributed by atoms with van der Waals surface area (Å²) < 4.78 is 0. The van der Waals surface area contributed by atoms with Crippen LogP contribution in [0.4, 0.5) is 17.1 Å². The van der Waals surface area contributed by atoms with E-state index >= 15 is 0 Å². The number of pyridine rings is 1. The van der Waals surface area contributed by atoms with Gasteiger partial charge in [0.1, 0.15) is 5.69 Å². The van der Waals surface area contributed by atoms with Crippen molar-refractivity contribution in [2.24, 2.45) is 0 Å². The van der Waals surface area contributed by atoms with E-state index in [2.05, 4.69) is 15.6 Å². The molecule has 0 fully saturated rings. The van der Waals surface area contributed by atoms with Crippen molar-refractivity contribution < 1.29 is 9.59 Å². The van der Waals surface area contributed by atoms with Crippen LogP contribution in [0.1, 0.15) is 20.8 Å². The van der Waals surface area contributed by atoms with E-state index in [-0.39, 0.29) is 11.8 Å². The van der Waals surface area contributed by atoms with Crippen molar-refractivity contribution in [3.05, 3.63) is 84.2 Å². The van der Waals surface area contributed by atoms with Crippen LogP contribution in [-0.4, -0.2) is 30.9 Å². The van der Waals surface area contributed by atoms with E-state index in [1.54, 1.807) is 48.7 Å². The summed E-state index contributed by atoms with van der Waals surface area (Å²) in [7, 11) is 3.84. The molecule has 0 aliphatic carbocycles. The zero-order valence-electron chi connectivity index (χ0n) is 15.1. The molecule has 0 spiro atoms. The Morgan fingerprint density at radius 1 is 0.815 bits per heavy atom. The van der Waals surface area contributed by atoms with Crippen LogP contribution in [0.15, 0.2) is 72.9 Å². The molecule has 2 N–H and O–H groups in total. The fourth-order valence-corrected chi connectivity index (χ4v) is 2.56. The van der Waals surface area contributed by atoms with Crippen LogP contribution < -0.4 is 15.5 Å². The maximum Gasteiger partial charge on any atom is 0.274 e. The van der Waals surface area contributed by atoms with Gasteiger partial charge in [-0.05, 0) is 48.5 Å². The molecule has 0 saturated heterocycles. The molecule has 1 aromatic heterocycles. The van der Waals surface area contributed by atoms with E-state index in [0.717, 1.165) is 11.4 Å². The molecule has 136 valence electrons. The van der Waals surface area contributed by atoms with Gasteiger partial charge in [-0.2, -0.15) is 0 Å². The molecule has 1 heterocycles. The molecule has 2 amide bonds. The zero-order chi connectivity index (χ0) is 19.2. The summed E-state index contributed by atoms with van der Waals surface area (Å²) in [5.41, 5.74) is 3.08. The smallest absolute Gasteiger partial charge is 0.274 e. The van der Waals surface area contributed by atoms with Crippen molar-refractivity contribution >= 4 is 28.9 Å². The van der Waals surface area contributed by atoms with Crippen molar-refractivity contribution in [3.8, 4) is 0 Å². The molecule has 0 aliphatic heterocycles. The summed E-state index contributed by atoms with van der Waals surface area (Å²) >= 11 is 0. The van der Waals surface area contributed by atoms with Gasteiger partial charge in [0, 0.05) is 31.5 Å². The third-order valence-electron chi connectivity index (χ3n) is 3.94. The summed E-state index contributed by atoms with van der Waals surface area (Å²) in [6.45, 7) is 0. The standard InChI is InChI=1S/C21H20N4O2/c1-25(2)19-9-4-3-7-17(19)24-20(26)15-10-12-16(13-11-15)23-21(27)18-8-5-6-14-22-18/h3-14H,1-2H3,(H,23,27)(H,24,26). The minimum absolute atomic E-state index is 0.216. The maximum atomic E-state index is 12.5. The van der Waals surface area contributed by atoms with E-state index in [0.29, 0.717) is 16.9 Å². The normalized spacial score (nSPS) is 10.1. The van der Waals surface area contributed by atoms with Crippen molar-refractivity contribution in [1.82, 2.24) is 4.98 Å². The lowest BCUT2D eigenvalue weighted by Gasteiger charge is -2.17. The third kappa shape index (κ3) is 4.49. The van der Waals surface area contributed by atoms with Crippen LogP contribution in [0.2, 0.25) is 0 Å². The molecule has 0 bridgehead atoms. The van der Waals surface area contributed by atoms with Gasteiger partial charge < -0.3 is 15.5 Å². The molecular weight excluding hydrogens is 340 g/mol. The zero-order valence-corrected chi connectivity index (χ0v) is 15.1. The van der Waals surface area contributed by atoms with E-state index in [9.17, 15) is 9.59 Å². The number of carbonyl (C=O) groups is 2. The fourth-order valence-electron chi connectivity index (χ4n) is 2.56. The van der Waals surface area contributed by atoms with Crippen LogP contribution in [0.25, 0.3) is 0 Å². The number of aromatic nitrogens is 1. The van der Waals surface area contributed by atoms with Crippen molar-refractivity contribution in [2.45, 2.75) is 0 Å². The second-order valence-corrected chi connectivity index (χ2v) is 6.11. The van der Waals surface area contributed by atoms with Gasteiger partial charge in [-0.3, -0.25) is 14.6 Å². The van der Waals surface area contributed by atoms with Gasteiger partial charge >= 0.3 is 0 Å². The van der Waals surface area contributed by atoms with Crippen LogP contribution in [0.5, 0.6) is 0 Å². The molecule has 0 saturated carbocycles. The Morgan fingerprint density at radius 3 is 2.19 bits per heavy atom. The van der Waals surface area contributed by atoms with Crippen LogP contribution in [0.3, 0.4) is 0 Å². The van der Waals surface area contributed by atoms with Crippen molar-refractivity contribution in [1.29, 1.82) is 0 Å². The van der Waals surface area contributed by atoms with Crippen LogP contribution >= 0.6 is 0 Å². The summed E-state index contributed by atoms with van der Waals surface area (Å²) in [6.07, 6.45) is 1.56. The SMILES string of the molecule is CN(C)c1ccccc1NC(=O)c1ccc(NC(=O)c2ccccn2)cc1. The minimum Gasteiger partial charge on any atom is -0.376 e. The Bertz CT molecular complexity index is 938. The third-order valence-corrected chi connectivity index (χ3v) is 3.94. The maximum absolute atomic E-state index is 12.5. The molecule has 0 atom stereocenters. The Hall–Kier alpha value is -3.67. The molecule has 3 aromatic rings. The first-order valence-electron chi connectivity index (χ1n) is 8.45. The summed E-state index contributed by atoms with van der Waals surface area (Å²) in [6, 6.07) is 19.4. The Labute approximate surface area is 157 Å². The number of nitrogens with one attached hydrogen (secondary N) is 2. The number of nitrogens with zero attached hydrogens (tertiary/aromatic N) is 2. The highest BCUT2D eigenvalue weighted by Crippen LogP contribution is 2.24. The van der Waals surface area contributed by atoms with Crippen LogP contribution in [-0.2, 0) is 0 Å². The van der Waals surface area contributed by atoms with Crippen molar-refractivity contribution in [3.63, 3.8) is 0 Å². The lowest BCUT2D eigenvalue weighted by atomic mass is 10.1. The molecule has 6 nitrogen and oxygen atoms in total. The lowest BCUT2D eigenvalue weighted by molar-refractivity contribution is 0.101. The van der Waals surface area contributed by atoms with E-state index < -0.39 is 0 Å². The molecular formula is C21H20N4O2. The van der Waals surface area contributed by atoms with Gasteiger partial charge in [0.25, 0.3) is 11.8 Å². The molecule has 6 heteroatoms. The first-order chi connectivity index (χ1) is 13.0. The van der Waals surface area contributed by atoms with Gasteiger partial charge in [-0.25, -0.2) is 0 Å². The Morgan fingerprint density at radius 2 is 1.52 bits per heavy atom. The number of hydrogen-bond donors (Lipinski definition) is 2. The van der Waals surface area contributed by atoms with Gasteiger partial charge in [-0.1, -0.05) is 18.2 Å². The lowest BCUT2D eigenvalue weighted by Crippen LogP contribution is -2.17. The number of amides is 2. The van der Waals surface area contributed by atoms with Gasteiger partial charge in [0.15, 0.2) is 0 Å². The molecule has 2 aromatic carbocycles. The summed E-state index contributed by atoms with van der Waals surface area (Å²) in [5.74, 6) is -0.514. The van der Waals surface area contributed by atoms with E-state index in [1.165, 1.54) is 0 Å². The number of rotatable bonds is 5. The van der Waals surface area contributed by atoms with E-state index in [4.69, 9.17) is 0 Å². The highest BCUT2D eigenvalue weighted by Gasteiger charge is 2.11. The highest BCUT2D eigenvalue weighted by atomic mass is 16.2. The van der Waals surface area contributed by atoms with Crippen molar-refractivity contribution in [2.75, 3.05) is 29.6 Å². The number of para-hydroxylation sites is 2. The topological polar surface area (TPSA) is 74.3 Å². The molecule has 0 radical (unpaired) electrons. The average Bonchev–Trinajstić information content (AvgIpc) is 2.69. The van der Waals surface area contributed by atoms with E-state index in [1.807, 2.05) is 43.3 Å². The van der Waals surface area contributed by atoms with Gasteiger partial charge in [0.05, 0.1) is 11.4 Å². The quantitative estimate of drug-likeness (QED) is 0.728. The monoisotopic (exact) mass is 360 g/mol. The average molecular weight is 360 g/mol.